The highest BCUT2D eigenvalue weighted by Crippen LogP contribution is 2.41. The van der Waals surface area contributed by atoms with Crippen LogP contribution >= 0.6 is 38.5 Å². The van der Waals surface area contributed by atoms with E-state index < -0.39 is 23.3 Å². The standard InChI is InChI=1S/C20H20BrF3IN/c1-11-6-12-7-14(25)4-5-15(12)19(26(11)10-20(2,3)24)18-16(22)8-13(21)9-17(18)23/h4-5,7-9,11,19H,6,10H2,1-3H3/t11-,19+/m1/s1. The summed E-state index contributed by atoms with van der Waals surface area (Å²) >= 11 is 5.37. The maximum absolute atomic E-state index is 14.8. The van der Waals surface area contributed by atoms with Crippen molar-refractivity contribution >= 4 is 38.5 Å². The second kappa shape index (κ2) is 7.43. The van der Waals surface area contributed by atoms with Gasteiger partial charge in [0.05, 0.1) is 6.04 Å². The van der Waals surface area contributed by atoms with Crippen molar-refractivity contribution in [1.82, 2.24) is 4.90 Å². The predicted octanol–water partition coefficient (Wildman–Crippen LogP) is 6.42. The van der Waals surface area contributed by atoms with E-state index in [1.54, 1.807) is 0 Å². The molecule has 2 aromatic rings. The van der Waals surface area contributed by atoms with Crippen LogP contribution in [0.25, 0.3) is 0 Å². The molecule has 140 valence electrons. The smallest absolute Gasteiger partial charge is 0.132 e. The van der Waals surface area contributed by atoms with Crippen LogP contribution in [0.5, 0.6) is 0 Å². The highest BCUT2D eigenvalue weighted by atomic mass is 127. The molecule has 6 heteroatoms. The van der Waals surface area contributed by atoms with Crippen molar-refractivity contribution in [2.75, 3.05) is 6.54 Å². The number of fused-ring (bicyclic) bond motifs is 1. The zero-order chi connectivity index (χ0) is 19.2. The number of hydrogen-bond acceptors (Lipinski definition) is 1. The van der Waals surface area contributed by atoms with Gasteiger partial charge in [-0.2, -0.15) is 0 Å². The third-order valence-electron chi connectivity index (χ3n) is 4.69. The minimum atomic E-state index is -1.48. The van der Waals surface area contributed by atoms with Crippen molar-refractivity contribution in [3.63, 3.8) is 0 Å². The molecule has 0 aliphatic carbocycles. The topological polar surface area (TPSA) is 3.24 Å². The summed E-state index contributed by atoms with van der Waals surface area (Å²) in [4.78, 5) is 1.88. The Bertz CT molecular complexity index is 811. The Morgan fingerprint density at radius 2 is 1.81 bits per heavy atom. The molecule has 3 rings (SSSR count). The molecule has 1 heterocycles. The van der Waals surface area contributed by atoms with Gasteiger partial charge in [0.15, 0.2) is 0 Å². The van der Waals surface area contributed by atoms with Gasteiger partial charge in [0, 0.05) is 26.2 Å². The first-order chi connectivity index (χ1) is 12.1. The summed E-state index contributed by atoms with van der Waals surface area (Å²) in [6, 6.07) is 7.72. The van der Waals surface area contributed by atoms with Crippen LogP contribution in [0.15, 0.2) is 34.8 Å². The van der Waals surface area contributed by atoms with Gasteiger partial charge in [0.2, 0.25) is 0 Å². The van der Waals surface area contributed by atoms with E-state index in [9.17, 15) is 13.2 Å². The Labute approximate surface area is 174 Å². The molecule has 1 aliphatic rings. The summed E-state index contributed by atoms with van der Waals surface area (Å²) in [5, 5.41) is 0. The van der Waals surface area contributed by atoms with E-state index in [0.717, 1.165) is 21.1 Å². The van der Waals surface area contributed by atoms with E-state index in [1.807, 2.05) is 30.0 Å². The van der Waals surface area contributed by atoms with E-state index >= 15 is 0 Å². The molecular formula is C20H20BrF3IN. The number of alkyl halides is 1. The second-order valence-electron chi connectivity index (χ2n) is 7.47. The highest BCUT2D eigenvalue weighted by molar-refractivity contribution is 14.1. The zero-order valence-corrected chi connectivity index (χ0v) is 18.5. The van der Waals surface area contributed by atoms with Gasteiger partial charge < -0.3 is 0 Å². The van der Waals surface area contributed by atoms with Crippen molar-refractivity contribution in [3.8, 4) is 0 Å². The van der Waals surface area contributed by atoms with Crippen molar-refractivity contribution < 1.29 is 13.2 Å². The summed E-state index contributed by atoms with van der Waals surface area (Å²) in [6.45, 7) is 5.07. The predicted molar refractivity (Wildman–Crippen MR) is 110 cm³/mol. The van der Waals surface area contributed by atoms with Crippen LogP contribution in [-0.2, 0) is 6.42 Å². The lowest BCUT2D eigenvalue weighted by molar-refractivity contribution is 0.0652. The van der Waals surface area contributed by atoms with Gasteiger partial charge in [0.25, 0.3) is 0 Å². The summed E-state index contributed by atoms with van der Waals surface area (Å²) < 4.78 is 45.5. The maximum atomic E-state index is 14.8. The maximum Gasteiger partial charge on any atom is 0.132 e. The molecule has 0 bridgehead atoms. The Kier molecular flexibility index (Phi) is 5.76. The first kappa shape index (κ1) is 20.1. The molecule has 0 N–H and O–H groups in total. The molecule has 0 amide bonds. The quantitative estimate of drug-likeness (QED) is 0.409. The van der Waals surface area contributed by atoms with Gasteiger partial charge in [-0.1, -0.05) is 22.0 Å². The molecule has 1 nitrogen and oxygen atoms in total. The molecule has 1 aliphatic heterocycles. The monoisotopic (exact) mass is 537 g/mol. The molecule has 0 fully saturated rings. The summed E-state index contributed by atoms with van der Waals surface area (Å²) in [5.41, 5.74) is 0.401. The van der Waals surface area contributed by atoms with Gasteiger partial charge in [-0.25, -0.2) is 13.2 Å². The molecule has 2 aromatic carbocycles. The van der Waals surface area contributed by atoms with Crippen molar-refractivity contribution in [2.24, 2.45) is 0 Å². The van der Waals surface area contributed by atoms with E-state index in [4.69, 9.17) is 0 Å². The minimum absolute atomic E-state index is 0.0218. The number of hydrogen-bond donors (Lipinski definition) is 0. The minimum Gasteiger partial charge on any atom is -0.286 e. The highest BCUT2D eigenvalue weighted by Gasteiger charge is 2.39. The normalized spacial score (nSPS) is 20.9. The first-order valence-corrected chi connectivity index (χ1v) is 10.3. The lowest BCUT2D eigenvalue weighted by atomic mass is 9.84. The van der Waals surface area contributed by atoms with E-state index in [0.29, 0.717) is 4.47 Å². The first-order valence-electron chi connectivity index (χ1n) is 8.44. The summed E-state index contributed by atoms with van der Waals surface area (Å²) in [6.07, 6.45) is 0.721. The lowest BCUT2D eigenvalue weighted by Crippen LogP contribution is -2.48. The third-order valence-corrected chi connectivity index (χ3v) is 5.82. The van der Waals surface area contributed by atoms with Gasteiger partial charge >= 0.3 is 0 Å². The van der Waals surface area contributed by atoms with Crippen LogP contribution in [0.1, 0.15) is 43.5 Å². The molecule has 0 radical (unpaired) electrons. The van der Waals surface area contributed by atoms with Crippen molar-refractivity contribution in [1.29, 1.82) is 0 Å². The molecule has 0 unspecified atom stereocenters. The van der Waals surface area contributed by atoms with Crippen LogP contribution < -0.4 is 0 Å². The molecule has 26 heavy (non-hydrogen) atoms. The SMILES string of the molecule is C[C@@H]1Cc2cc(I)ccc2[C@@H](c2c(F)cc(Br)cc2F)N1CC(C)(C)F. The number of rotatable bonds is 3. The van der Waals surface area contributed by atoms with Gasteiger partial charge in [0.1, 0.15) is 17.3 Å². The Balaban J connectivity index is 2.22. The van der Waals surface area contributed by atoms with E-state index in [2.05, 4.69) is 38.5 Å². The second-order valence-corrected chi connectivity index (χ2v) is 9.63. The largest absolute Gasteiger partial charge is 0.286 e. The fraction of sp³-hybridized carbons (Fsp3) is 0.400. The van der Waals surface area contributed by atoms with E-state index in [1.165, 1.54) is 26.0 Å². The third kappa shape index (κ3) is 4.12. The Morgan fingerprint density at radius 1 is 1.19 bits per heavy atom. The van der Waals surface area contributed by atoms with Gasteiger partial charge in [-0.15, -0.1) is 0 Å². The molecule has 0 saturated heterocycles. The van der Waals surface area contributed by atoms with Gasteiger partial charge in [-0.3, -0.25) is 4.90 Å². The summed E-state index contributed by atoms with van der Waals surface area (Å²) in [7, 11) is 0. The average molecular weight is 538 g/mol. The average Bonchev–Trinajstić information content (AvgIpc) is 2.47. The van der Waals surface area contributed by atoms with E-state index in [-0.39, 0.29) is 18.2 Å². The number of nitrogens with zero attached hydrogens (tertiary/aromatic N) is 1. The van der Waals surface area contributed by atoms with Crippen molar-refractivity contribution in [3.05, 3.63) is 66.7 Å². The van der Waals surface area contributed by atoms with Crippen LogP contribution in [0.4, 0.5) is 13.2 Å². The fourth-order valence-electron chi connectivity index (χ4n) is 3.70. The van der Waals surface area contributed by atoms with Crippen LogP contribution in [-0.4, -0.2) is 23.2 Å². The zero-order valence-electron chi connectivity index (χ0n) is 14.8. The molecular weight excluding hydrogens is 518 g/mol. The molecule has 0 aromatic heterocycles. The summed E-state index contributed by atoms with van der Waals surface area (Å²) in [5.74, 6) is -1.25. The Hall–Kier alpha value is -0.600. The van der Waals surface area contributed by atoms with Gasteiger partial charge in [-0.05, 0) is 85.2 Å². The molecule has 0 spiro atoms. The molecule has 0 saturated carbocycles. The van der Waals surface area contributed by atoms with Crippen LogP contribution in [0.2, 0.25) is 0 Å². The Morgan fingerprint density at radius 3 is 2.38 bits per heavy atom. The van der Waals surface area contributed by atoms with Crippen LogP contribution in [0.3, 0.4) is 0 Å². The lowest BCUT2D eigenvalue weighted by Gasteiger charge is -2.44. The fourth-order valence-corrected chi connectivity index (χ4v) is 4.66. The number of halogens is 5. The van der Waals surface area contributed by atoms with Crippen molar-refractivity contribution in [2.45, 2.75) is 44.9 Å². The molecule has 2 atom stereocenters. The van der Waals surface area contributed by atoms with Crippen LogP contribution in [0, 0.1) is 15.2 Å². The number of benzene rings is 2.